The van der Waals surface area contributed by atoms with Crippen LogP contribution in [0.2, 0.25) is 0 Å². The highest BCUT2D eigenvalue weighted by Gasteiger charge is 2.04. The van der Waals surface area contributed by atoms with Gasteiger partial charge >= 0.3 is 0 Å². The predicted octanol–water partition coefficient (Wildman–Crippen LogP) is 2.21. The Morgan fingerprint density at radius 1 is 1.29 bits per heavy atom. The highest BCUT2D eigenvalue weighted by molar-refractivity contribution is 5.82. The van der Waals surface area contributed by atoms with E-state index in [0.29, 0.717) is 0 Å². The van der Waals surface area contributed by atoms with Crippen molar-refractivity contribution in [2.24, 2.45) is 0 Å². The third-order valence-electron chi connectivity index (χ3n) is 3.03. The van der Waals surface area contributed by atoms with Crippen molar-refractivity contribution in [3.8, 4) is 0 Å². The van der Waals surface area contributed by atoms with Crippen LogP contribution in [0.25, 0.3) is 10.9 Å². The first kappa shape index (κ1) is 12.1. The molecule has 1 aromatic heterocycles. The molecule has 0 atom stereocenters. The molecule has 1 aromatic carbocycles. The van der Waals surface area contributed by atoms with E-state index in [0.717, 1.165) is 26.2 Å². The predicted molar refractivity (Wildman–Crippen MR) is 73.2 cm³/mol. The van der Waals surface area contributed by atoms with Crippen LogP contribution in [0.1, 0.15) is 12.5 Å². The Kier molecular flexibility index (Phi) is 4.18. The standard InChI is InChI=1S/C14H21N3/c1-3-15-9-10-17(2)11-13-6-4-5-12-7-8-16-14(12)13/h4-8,15-16H,3,9-11H2,1-2H3. The van der Waals surface area contributed by atoms with Crippen molar-refractivity contribution in [1.29, 1.82) is 0 Å². The fraction of sp³-hybridized carbons (Fsp3) is 0.429. The van der Waals surface area contributed by atoms with Crippen LogP contribution < -0.4 is 5.32 Å². The van der Waals surface area contributed by atoms with Gasteiger partial charge in [-0.25, -0.2) is 0 Å². The van der Waals surface area contributed by atoms with Gasteiger partial charge in [0.15, 0.2) is 0 Å². The molecule has 0 saturated carbocycles. The average Bonchev–Trinajstić information content (AvgIpc) is 2.78. The maximum Gasteiger partial charge on any atom is 0.0499 e. The molecule has 0 unspecified atom stereocenters. The van der Waals surface area contributed by atoms with Gasteiger partial charge in [0.1, 0.15) is 0 Å². The largest absolute Gasteiger partial charge is 0.361 e. The first-order valence-corrected chi connectivity index (χ1v) is 6.25. The van der Waals surface area contributed by atoms with Crippen molar-refractivity contribution in [3.05, 3.63) is 36.0 Å². The molecule has 17 heavy (non-hydrogen) atoms. The number of likely N-dealkylation sites (N-methyl/N-ethyl adjacent to an activating group) is 2. The fourth-order valence-electron chi connectivity index (χ4n) is 2.10. The first-order valence-electron chi connectivity index (χ1n) is 6.25. The van der Waals surface area contributed by atoms with Crippen LogP contribution in [0, 0.1) is 0 Å². The number of H-pyrrole nitrogens is 1. The van der Waals surface area contributed by atoms with Gasteiger partial charge in [0.05, 0.1) is 0 Å². The van der Waals surface area contributed by atoms with E-state index in [1.165, 1.54) is 16.5 Å². The second kappa shape index (κ2) is 5.84. The molecule has 92 valence electrons. The van der Waals surface area contributed by atoms with Gasteiger partial charge in [-0.2, -0.15) is 0 Å². The van der Waals surface area contributed by atoms with Gasteiger partial charge in [-0.15, -0.1) is 0 Å². The van der Waals surface area contributed by atoms with Gasteiger partial charge < -0.3 is 15.2 Å². The van der Waals surface area contributed by atoms with E-state index in [1.807, 2.05) is 6.20 Å². The highest BCUT2D eigenvalue weighted by Crippen LogP contribution is 2.17. The van der Waals surface area contributed by atoms with Crippen molar-refractivity contribution < 1.29 is 0 Å². The van der Waals surface area contributed by atoms with E-state index >= 15 is 0 Å². The lowest BCUT2D eigenvalue weighted by atomic mass is 10.1. The van der Waals surface area contributed by atoms with E-state index in [-0.39, 0.29) is 0 Å². The number of aromatic amines is 1. The lowest BCUT2D eigenvalue weighted by Gasteiger charge is -2.17. The smallest absolute Gasteiger partial charge is 0.0499 e. The summed E-state index contributed by atoms with van der Waals surface area (Å²) < 4.78 is 0. The van der Waals surface area contributed by atoms with Crippen molar-refractivity contribution in [3.63, 3.8) is 0 Å². The van der Waals surface area contributed by atoms with E-state index in [4.69, 9.17) is 0 Å². The zero-order valence-electron chi connectivity index (χ0n) is 10.7. The van der Waals surface area contributed by atoms with Crippen molar-refractivity contribution in [2.75, 3.05) is 26.7 Å². The molecule has 3 nitrogen and oxygen atoms in total. The van der Waals surface area contributed by atoms with Crippen LogP contribution in [-0.4, -0.2) is 36.6 Å². The van der Waals surface area contributed by atoms with Gasteiger partial charge in [0.2, 0.25) is 0 Å². The Balaban J connectivity index is 2.00. The number of benzene rings is 1. The maximum absolute atomic E-state index is 3.35. The molecule has 0 saturated heterocycles. The minimum atomic E-state index is 0.989. The third kappa shape index (κ3) is 3.08. The third-order valence-corrected chi connectivity index (χ3v) is 3.03. The fourth-order valence-corrected chi connectivity index (χ4v) is 2.10. The molecule has 0 fully saturated rings. The summed E-state index contributed by atoms with van der Waals surface area (Å²) in [6, 6.07) is 8.59. The summed E-state index contributed by atoms with van der Waals surface area (Å²) in [6.07, 6.45) is 2.01. The summed E-state index contributed by atoms with van der Waals surface area (Å²) in [5.41, 5.74) is 2.63. The minimum absolute atomic E-state index is 0.989. The molecule has 0 aliphatic rings. The summed E-state index contributed by atoms with van der Waals surface area (Å²) in [5, 5.41) is 4.64. The normalized spacial score (nSPS) is 11.5. The van der Waals surface area contributed by atoms with E-state index in [9.17, 15) is 0 Å². The monoisotopic (exact) mass is 231 g/mol. The van der Waals surface area contributed by atoms with E-state index < -0.39 is 0 Å². The number of fused-ring (bicyclic) bond motifs is 1. The van der Waals surface area contributed by atoms with Crippen LogP contribution in [-0.2, 0) is 6.54 Å². The average molecular weight is 231 g/mol. The molecule has 0 spiro atoms. The van der Waals surface area contributed by atoms with Crippen molar-refractivity contribution in [2.45, 2.75) is 13.5 Å². The lowest BCUT2D eigenvalue weighted by Crippen LogP contribution is -2.28. The zero-order chi connectivity index (χ0) is 12.1. The number of aromatic nitrogens is 1. The summed E-state index contributed by atoms with van der Waals surface area (Å²) in [7, 11) is 2.17. The Morgan fingerprint density at radius 3 is 3.00 bits per heavy atom. The number of nitrogens with one attached hydrogen (secondary N) is 2. The second-order valence-corrected chi connectivity index (χ2v) is 4.45. The molecule has 2 rings (SSSR count). The van der Waals surface area contributed by atoms with E-state index in [1.54, 1.807) is 0 Å². The molecule has 2 aromatic rings. The number of para-hydroxylation sites is 1. The Hall–Kier alpha value is -1.32. The lowest BCUT2D eigenvalue weighted by molar-refractivity contribution is 0.326. The van der Waals surface area contributed by atoms with Crippen molar-refractivity contribution in [1.82, 2.24) is 15.2 Å². The molecular weight excluding hydrogens is 210 g/mol. The van der Waals surface area contributed by atoms with E-state index in [2.05, 4.69) is 53.4 Å². The van der Waals surface area contributed by atoms with Gasteiger partial charge in [0.25, 0.3) is 0 Å². The molecule has 0 radical (unpaired) electrons. The molecule has 1 heterocycles. The first-order chi connectivity index (χ1) is 8.31. The van der Waals surface area contributed by atoms with Crippen LogP contribution in [0.5, 0.6) is 0 Å². The molecule has 0 aliphatic carbocycles. The van der Waals surface area contributed by atoms with Crippen molar-refractivity contribution >= 4 is 10.9 Å². The Labute approximate surface area is 103 Å². The quantitative estimate of drug-likeness (QED) is 0.747. The summed E-state index contributed by atoms with van der Waals surface area (Å²) in [5.74, 6) is 0. The highest BCUT2D eigenvalue weighted by atomic mass is 15.1. The molecule has 0 amide bonds. The number of hydrogen-bond acceptors (Lipinski definition) is 2. The maximum atomic E-state index is 3.35. The number of nitrogens with zero attached hydrogens (tertiary/aromatic N) is 1. The molecule has 2 N–H and O–H groups in total. The minimum Gasteiger partial charge on any atom is -0.361 e. The summed E-state index contributed by atoms with van der Waals surface area (Å²) >= 11 is 0. The zero-order valence-corrected chi connectivity index (χ0v) is 10.7. The molecule has 0 bridgehead atoms. The molecule has 3 heteroatoms. The van der Waals surface area contributed by atoms with Gasteiger partial charge in [0, 0.05) is 31.3 Å². The van der Waals surface area contributed by atoms with Gasteiger partial charge in [-0.3, -0.25) is 0 Å². The summed E-state index contributed by atoms with van der Waals surface area (Å²) in [4.78, 5) is 5.66. The SMILES string of the molecule is CCNCCN(C)Cc1cccc2cc[nH]c12. The second-order valence-electron chi connectivity index (χ2n) is 4.45. The van der Waals surface area contributed by atoms with Crippen LogP contribution in [0.3, 0.4) is 0 Å². The van der Waals surface area contributed by atoms with Crippen LogP contribution in [0.15, 0.2) is 30.5 Å². The molecular formula is C14H21N3. The van der Waals surface area contributed by atoms with Crippen LogP contribution >= 0.6 is 0 Å². The van der Waals surface area contributed by atoms with Gasteiger partial charge in [-0.05, 0) is 30.6 Å². The number of hydrogen-bond donors (Lipinski definition) is 2. The summed E-state index contributed by atoms with van der Waals surface area (Å²) in [6.45, 7) is 6.29. The van der Waals surface area contributed by atoms with Gasteiger partial charge in [-0.1, -0.05) is 25.1 Å². The Morgan fingerprint density at radius 2 is 2.18 bits per heavy atom. The van der Waals surface area contributed by atoms with Crippen LogP contribution in [0.4, 0.5) is 0 Å². The number of rotatable bonds is 6. The topological polar surface area (TPSA) is 31.1 Å². The Bertz CT molecular complexity index is 461. The molecule has 0 aliphatic heterocycles.